The van der Waals surface area contributed by atoms with Gasteiger partial charge in [0.15, 0.2) is 0 Å². The van der Waals surface area contributed by atoms with Crippen LogP contribution >= 0.6 is 24.4 Å². The fraction of sp³-hybridized carbons (Fsp3) is 0. The van der Waals surface area contributed by atoms with Crippen LogP contribution in [0.15, 0.2) is 58.8 Å². The number of hydrogen-bond donors (Lipinski definition) is 0. The first-order valence-electron chi connectivity index (χ1n) is 5.29. The van der Waals surface area contributed by atoms with Gasteiger partial charge in [-0.1, -0.05) is 12.2 Å². The van der Waals surface area contributed by atoms with E-state index in [2.05, 4.69) is 9.98 Å². The summed E-state index contributed by atoms with van der Waals surface area (Å²) >= 11 is 10.6. The molecule has 88 valence electrons. The van der Waals surface area contributed by atoms with E-state index in [1.165, 1.54) is 0 Å². The molecule has 0 N–H and O–H groups in total. The second-order valence-corrected chi connectivity index (χ2v) is 4.38. The van der Waals surface area contributed by atoms with Gasteiger partial charge >= 0.3 is 0 Å². The van der Waals surface area contributed by atoms with Gasteiger partial charge in [-0.3, -0.25) is 9.80 Å². The molecule has 0 spiro atoms. The molecule has 3 aliphatic rings. The maximum Gasteiger partial charge on any atom is 0.207 e. The molecule has 18 heavy (non-hydrogen) atoms. The fourth-order valence-corrected chi connectivity index (χ4v) is 2.17. The van der Waals surface area contributed by atoms with Crippen molar-refractivity contribution in [2.75, 3.05) is 0 Å². The molecule has 0 aromatic carbocycles. The number of nitrogens with zero attached hydrogens (tertiary/aromatic N) is 4. The second-order valence-electron chi connectivity index (χ2n) is 3.65. The molecule has 4 nitrogen and oxygen atoms in total. The number of rotatable bonds is 0. The standard InChI is InChI=1S/C12H8N4S2/c17-11-13-9-5-1-3-7-15(9)12(18)14-10-6-2-4-8-16(10)11/h1-8H. The molecule has 3 heterocycles. The number of allylic oxidation sites excluding steroid dienone is 4. The van der Waals surface area contributed by atoms with Gasteiger partial charge in [-0.2, -0.15) is 0 Å². The van der Waals surface area contributed by atoms with Crippen LogP contribution in [0.3, 0.4) is 0 Å². The SMILES string of the molecule is S=C1N=C2C=CC=CN2C(=S)N=C2C=CC=CN12. The lowest BCUT2D eigenvalue weighted by atomic mass is 10.3. The van der Waals surface area contributed by atoms with Gasteiger partial charge in [0.2, 0.25) is 10.2 Å². The summed E-state index contributed by atoms with van der Waals surface area (Å²) in [5, 5.41) is 0.883. The first-order chi connectivity index (χ1) is 8.75. The van der Waals surface area contributed by atoms with Gasteiger partial charge in [0, 0.05) is 12.4 Å². The summed E-state index contributed by atoms with van der Waals surface area (Å²) in [6, 6.07) is 0. The minimum Gasteiger partial charge on any atom is -0.276 e. The summed E-state index contributed by atoms with van der Waals surface area (Å²) < 4.78 is 0. The maximum absolute atomic E-state index is 5.30. The first-order valence-corrected chi connectivity index (χ1v) is 6.11. The van der Waals surface area contributed by atoms with E-state index in [9.17, 15) is 0 Å². The second kappa shape index (κ2) is 4.40. The molecule has 3 aliphatic heterocycles. The topological polar surface area (TPSA) is 31.2 Å². The zero-order chi connectivity index (χ0) is 12.5. The Morgan fingerprint density at radius 1 is 0.722 bits per heavy atom. The van der Waals surface area contributed by atoms with Crippen LogP contribution in [0.25, 0.3) is 0 Å². The normalized spacial score (nSPS) is 21.1. The third kappa shape index (κ3) is 1.85. The summed E-state index contributed by atoms with van der Waals surface area (Å²) in [4.78, 5) is 12.3. The summed E-state index contributed by atoms with van der Waals surface area (Å²) in [7, 11) is 0. The van der Waals surface area contributed by atoms with E-state index >= 15 is 0 Å². The van der Waals surface area contributed by atoms with Crippen LogP contribution in [0.4, 0.5) is 0 Å². The lowest BCUT2D eigenvalue weighted by molar-refractivity contribution is 0.788. The van der Waals surface area contributed by atoms with E-state index in [0.29, 0.717) is 21.9 Å². The van der Waals surface area contributed by atoms with Gasteiger partial charge in [0.1, 0.15) is 11.7 Å². The summed E-state index contributed by atoms with van der Waals surface area (Å²) in [5.74, 6) is 1.36. The van der Waals surface area contributed by atoms with Crippen molar-refractivity contribution in [2.45, 2.75) is 0 Å². The Kier molecular flexibility index (Phi) is 2.73. The number of amidine groups is 2. The largest absolute Gasteiger partial charge is 0.276 e. The molecule has 0 aromatic rings. The smallest absolute Gasteiger partial charge is 0.207 e. The number of fused-ring (bicyclic) bond motifs is 2. The summed E-state index contributed by atoms with van der Waals surface area (Å²) in [5.41, 5.74) is 0. The predicted molar refractivity (Wildman–Crippen MR) is 80.3 cm³/mol. The third-order valence-corrected chi connectivity index (χ3v) is 3.09. The van der Waals surface area contributed by atoms with Crippen molar-refractivity contribution in [3.8, 4) is 0 Å². The Labute approximate surface area is 115 Å². The Hall–Kier alpha value is -1.92. The molecule has 6 heteroatoms. The van der Waals surface area contributed by atoms with E-state index in [0.717, 1.165) is 0 Å². The van der Waals surface area contributed by atoms with Crippen LogP contribution in [0.2, 0.25) is 0 Å². The quantitative estimate of drug-likeness (QED) is 0.632. The molecule has 0 aliphatic carbocycles. The van der Waals surface area contributed by atoms with E-state index < -0.39 is 0 Å². The van der Waals surface area contributed by atoms with Crippen LogP contribution in [0.5, 0.6) is 0 Å². The maximum atomic E-state index is 5.30. The van der Waals surface area contributed by atoms with Crippen molar-refractivity contribution in [1.82, 2.24) is 9.80 Å². The lowest BCUT2D eigenvalue weighted by Gasteiger charge is -2.27. The van der Waals surface area contributed by atoms with Gasteiger partial charge in [-0.25, -0.2) is 9.98 Å². The fourth-order valence-electron chi connectivity index (χ4n) is 1.68. The molecule has 0 bridgehead atoms. The highest BCUT2D eigenvalue weighted by Gasteiger charge is 2.22. The lowest BCUT2D eigenvalue weighted by Crippen LogP contribution is -2.39. The average Bonchev–Trinajstić information content (AvgIpc) is 2.38. The highest BCUT2D eigenvalue weighted by atomic mass is 32.1. The molecule has 3 rings (SSSR count). The molecule has 0 unspecified atom stereocenters. The van der Waals surface area contributed by atoms with Gasteiger partial charge in [-0.15, -0.1) is 0 Å². The van der Waals surface area contributed by atoms with Gasteiger partial charge < -0.3 is 0 Å². The highest BCUT2D eigenvalue weighted by molar-refractivity contribution is 7.80. The van der Waals surface area contributed by atoms with E-state index in [1.54, 1.807) is 9.80 Å². The van der Waals surface area contributed by atoms with Crippen LogP contribution in [-0.4, -0.2) is 31.7 Å². The number of hydrogen-bond acceptors (Lipinski definition) is 2. The number of aliphatic imine (C=N–C) groups is 2. The van der Waals surface area contributed by atoms with Gasteiger partial charge in [-0.05, 0) is 48.7 Å². The first kappa shape index (κ1) is 11.2. The van der Waals surface area contributed by atoms with Crippen LogP contribution in [-0.2, 0) is 0 Å². The molecule has 0 radical (unpaired) electrons. The minimum atomic E-state index is 0.441. The van der Waals surface area contributed by atoms with Crippen molar-refractivity contribution in [3.05, 3.63) is 48.9 Å². The monoisotopic (exact) mass is 272 g/mol. The number of thiocarbonyl (C=S) groups is 2. The van der Waals surface area contributed by atoms with Crippen molar-refractivity contribution in [1.29, 1.82) is 0 Å². The van der Waals surface area contributed by atoms with Crippen molar-refractivity contribution in [2.24, 2.45) is 9.98 Å². The van der Waals surface area contributed by atoms with E-state index in [-0.39, 0.29) is 0 Å². The molecule has 0 amide bonds. The van der Waals surface area contributed by atoms with E-state index in [1.807, 2.05) is 48.9 Å². The molecular formula is C12H8N4S2. The Morgan fingerprint density at radius 2 is 1.17 bits per heavy atom. The Balaban J connectivity index is 2.10. The van der Waals surface area contributed by atoms with Crippen LogP contribution in [0, 0.1) is 0 Å². The molecule has 0 aromatic heterocycles. The summed E-state index contributed by atoms with van der Waals surface area (Å²) in [6.07, 6.45) is 14.9. The van der Waals surface area contributed by atoms with Gasteiger partial charge in [0.25, 0.3) is 0 Å². The van der Waals surface area contributed by atoms with Crippen LogP contribution in [0.1, 0.15) is 0 Å². The minimum absolute atomic E-state index is 0.441. The van der Waals surface area contributed by atoms with Crippen molar-refractivity contribution >= 4 is 46.3 Å². The molecule has 0 saturated heterocycles. The molecule has 0 atom stereocenters. The van der Waals surface area contributed by atoms with E-state index in [4.69, 9.17) is 24.4 Å². The molecule has 0 saturated carbocycles. The zero-order valence-electron chi connectivity index (χ0n) is 9.22. The third-order valence-electron chi connectivity index (χ3n) is 2.51. The zero-order valence-corrected chi connectivity index (χ0v) is 10.9. The summed E-state index contributed by atoms with van der Waals surface area (Å²) in [6.45, 7) is 0. The van der Waals surface area contributed by atoms with Crippen molar-refractivity contribution in [3.63, 3.8) is 0 Å². The van der Waals surface area contributed by atoms with Gasteiger partial charge in [0.05, 0.1) is 0 Å². The molecule has 0 fully saturated rings. The molecular weight excluding hydrogens is 264 g/mol. The Morgan fingerprint density at radius 3 is 1.61 bits per heavy atom. The Bertz CT molecular complexity index is 554. The highest BCUT2D eigenvalue weighted by Crippen LogP contribution is 2.14. The van der Waals surface area contributed by atoms with Crippen molar-refractivity contribution < 1.29 is 0 Å². The van der Waals surface area contributed by atoms with Crippen LogP contribution < -0.4 is 0 Å². The predicted octanol–water partition coefficient (Wildman–Crippen LogP) is 2.14. The average molecular weight is 272 g/mol.